The molecule has 0 aliphatic carbocycles. The van der Waals surface area contributed by atoms with E-state index in [-0.39, 0.29) is 23.9 Å². The molecule has 0 aliphatic rings. The summed E-state index contributed by atoms with van der Waals surface area (Å²) < 4.78 is 67.0. The number of aromatic nitrogens is 2. The number of halogens is 5. The summed E-state index contributed by atoms with van der Waals surface area (Å²) in [7, 11) is 0. The number of fused-ring (bicyclic) bond motifs is 1. The normalized spacial score (nSPS) is 11.5. The molecule has 0 spiro atoms. The maximum absolute atomic E-state index is 13.9. The molecule has 10 heteroatoms. The van der Waals surface area contributed by atoms with Gasteiger partial charge in [0.2, 0.25) is 0 Å². The monoisotopic (exact) mass is 460 g/mol. The molecule has 0 radical (unpaired) electrons. The van der Waals surface area contributed by atoms with E-state index in [4.69, 9.17) is 0 Å². The standard InChI is InChI=1S/C23H17F5N4O/c24-17-7-1-14(2-8-17)11-12-29-22(33)31-21-20(32-13-18(25)9-10-19(32)30-21)15-3-5-16(6-4-15)23(26,27)28/h1-10,13H,11-12H2,(H2,29,31,33). The first-order chi connectivity index (χ1) is 15.7. The van der Waals surface area contributed by atoms with Crippen LogP contribution in [0.25, 0.3) is 16.9 Å². The van der Waals surface area contributed by atoms with Crippen molar-refractivity contribution >= 4 is 17.5 Å². The Morgan fingerprint density at radius 3 is 2.24 bits per heavy atom. The van der Waals surface area contributed by atoms with Crippen molar-refractivity contribution in [3.63, 3.8) is 0 Å². The van der Waals surface area contributed by atoms with Gasteiger partial charge in [-0.25, -0.2) is 18.6 Å². The predicted molar refractivity (Wildman–Crippen MR) is 113 cm³/mol. The zero-order valence-electron chi connectivity index (χ0n) is 17.0. The first-order valence-electron chi connectivity index (χ1n) is 9.85. The van der Waals surface area contributed by atoms with Crippen LogP contribution in [0.5, 0.6) is 0 Å². The van der Waals surface area contributed by atoms with Gasteiger partial charge in [-0.15, -0.1) is 0 Å². The molecule has 170 valence electrons. The number of alkyl halides is 3. The number of anilines is 1. The number of benzene rings is 2. The zero-order chi connectivity index (χ0) is 23.6. The molecule has 4 aromatic rings. The third-order valence-electron chi connectivity index (χ3n) is 4.91. The summed E-state index contributed by atoms with van der Waals surface area (Å²) >= 11 is 0. The van der Waals surface area contributed by atoms with Gasteiger partial charge in [0, 0.05) is 18.3 Å². The molecule has 33 heavy (non-hydrogen) atoms. The highest BCUT2D eigenvalue weighted by Crippen LogP contribution is 2.33. The minimum Gasteiger partial charge on any atom is -0.337 e. The average molecular weight is 460 g/mol. The topological polar surface area (TPSA) is 58.4 Å². The first-order valence-corrected chi connectivity index (χ1v) is 9.85. The Bertz CT molecular complexity index is 1280. The number of imidazole rings is 1. The minimum absolute atomic E-state index is 0.0552. The Morgan fingerprint density at radius 2 is 1.58 bits per heavy atom. The van der Waals surface area contributed by atoms with Crippen molar-refractivity contribution in [1.82, 2.24) is 14.7 Å². The molecule has 0 aliphatic heterocycles. The fourth-order valence-electron chi connectivity index (χ4n) is 3.32. The molecule has 0 saturated carbocycles. The Kier molecular flexibility index (Phi) is 5.99. The van der Waals surface area contributed by atoms with Gasteiger partial charge in [0.05, 0.1) is 11.3 Å². The molecular weight excluding hydrogens is 443 g/mol. The van der Waals surface area contributed by atoms with Gasteiger partial charge in [0.25, 0.3) is 0 Å². The minimum atomic E-state index is -4.50. The number of hydrogen-bond donors (Lipinski definition) is 2. The molecule has 4 rings (SSSR count). The Labute approximate surface area is 184 Å². The lowest BCUT2D eigenvalue weighted by molar-refractivity contribution is -0.137. The summed E-state index contributed by atoms with van der Waals surface area (Å²) in [5.74, 6) is -0.883. The van der Waals surface area contributed by atoms with Crippen LogP contribution in [-0.2, 0) is 12.6 Å². The van der Waals surface area contributed by atoms with Crippen LogP contribution >= 0.6 is 0 Å². The number of carbonyl (C=O) groups is 1. The average Bonchev–Trinajstić information content (AvgIpc) is 3.11. The van der Waals surface area contributed by atoms with Crippen LogP contribution in [0.3, 0.4) is 0 Å². The van der Waals surface area contributed by atoms with E-state index in [0.717, 1.165) is 23.9 Å². The Morgan fingerprint density at radius 1 is 0.909 bits per heavy atom. The van der Waals surface area contributed by atoms with Gasteiger partial charge in [-0.05, 0) is 48.4 Å². The Hall–Kier alpha value is -3.95. The number of nitrogens with zero attached hydrogens (tertiary/aromatic N) is 2. The van der Waals surface area contributed by atoms with E-state index in [1.54, 1.807) is 12.1 Å². The van der Waals surface area contributed by atoms with E-state index < -0.39 is 23.6 Å². The lowest BCUT2D eigenvalue weighted by Crippen LogP contribution is -2.30. The molecule has 0 atom stereocenters. The molecule has 2 heterocycles. The molecule has 2 amide bonds. The summed E-state index contributed by atoms with van der Waals surface area (Å²) in [5, 5.41) is 5.21. The van der Waals surface area contributed by atoms with Gasteiger partial charge in [-0.2, -0.15) is 13.2 Å². The van der Waals surface area contributed by atoms with Gasteiger partial charge in [-0.1, -0.05) is 24.3 Å². The number of carbonyl (C=O) groups excluding carboxylic acids is 1. The molecule has 2 aromatic carbocycles. The molecule has 0 saturated heterocycles. The summed E-state index contributed by atoms with van der Waals surface area (Å²) in [5.41, 5.74) is 0.826. The van der Waals surface area contributed by atoms with Crippen molar-refractivity contribution in [2.75, 3.05) is 11.9 Å². The Balaban J connectivity index is 1.56. The molecule has 0 bridgehead atoms. The molecular formula is C23H17F5N4O. The molecule has 0 fully saturated rings. The van der Waals surface area contributed by atoms with Crippen LogP contribution < -0.4 is 10.6 Å². The number of urea groups is 1. The lowest BCUT2D eigenvalue weighted by Gasteiger charge is -2.10. The van der Waals surface area contributed by atoms with Crippen LogP contribution in [0.15, 0.2) is 66.9 Å². The second kappa shape index (κ2) is 8.89. The maximum atomic E-state index is 13.9. The summed E-state index contributed by atoms with van der Waals surface area (Å²) in [6.45, 7) is 0.245. The van der Waals surface area contributed by atoms with E-state index in [1.165, 1.54) is 40.8 Å². The van der Waals surface area contributed by atoms with Crippen molar-refractivity contribution < 1.29 is 26.7 Å². The van der Waals surface area contributed by atoms with Crippen molar-refractivity contribution in [1.29, 1.82) is 0 Å². The molecule has 2 N–H and O–H groups in total. The molecule has 2 aromatic heterocycles. The highest BCUT2D eigenvalue weighted by atomic mass is 19.4. The van der Waals surface area contributed by atoms with Gasteiger partial charge < -0.3 is 5.32 Å². The van der Waals surface area contributed by atoms with Gasteiger partial charge >= 0.3 is 12.2 Å². The summed E-state index contributed by atoms with van der Waals surface area (Å²) in [6, 6.07) is 12.1. The van der Waals surface area contributed by atoms with Crippen molar-refractivity contribution in [3.05, 3.63) is 89.6 Å². The maximum Gasteiger partial charge on any atom is 0.416 e. The van der Waals surface area contributed by atoms with E-state index in [2.05, 4.69) is 15.6 Å². The number of pyridine rings is 1. The smallest absolute Gasteiger partial charge is 0.337 e. The third kappa shape index (κ3) is 5.11. The highest BCUT2D eigenvalue weighted by molar-refractivity contribution is 5.93. The van der Waals surface area contributed by atoms with Crippen LogP contribution in [0.1, 0.15) is 11.1 Å². The quantitative estimate of drug-likeness (QED) is 0.378. The fourth-order valence-corrected chi connectivity index (χ4v) is 3.32. The van der Waals surface area contributed by atoms with Crippen LogP contribution in [0.2, 0.25) is 0 Å². The van der Waals surface area contributed by atoms with Gasteiger partial charge in [-0.3, -0.25) is 9.72 Å². The summed E-state index contributed by atoms with van der Waals surface area (Å²) in [6.07, 6.45) is -2.92. The SMILES string of the molecule is O=C(NCCc1ccc(F)cc1)Nc1nc2ccc(F)cn2c1-c1ccc(C(F)(F)F)cc1. The highest BCUT2D eigenvalue weighted by Gasteiger charge is 2.30. The largest absolute Gasteiger partial charge is 0.416 e. The van der Waals surface area contributed by atoms with Crippen molar-refractivity contribution in [3.8, 4) is 11.3 Å². The van der Waals surface area contributed by atoms with E-state index in [9.17, 15) is 26.7 Å². The zero-order valence-corrected chi connectivity index (χ0v) is 17.0. The summed E-state index contributed by atoms with van der Waals surface area (Å²) in [4.78, 5) is 16.7. The van der Waals surface area contributed by atoms with E-state index in [0.29, 0.717) is 17.6 Å². The van der Waals surface area contributed by atoms with Crippen LogP contribution in [0.4, 0.5) is 32.6 Å². The molecule has 5 nitrogen and oxygen atoms in total. The van der Waals surface area contributed by atoms with Crippen molar-refractivity contribution in [2.45, 2.75) is 12.6 Å². The number of rotatable bonds is 5. The van der Waals surface area contributed by atoms with Crippen LogP contribution in [-0.4, -0.2) is 22.0 Å². The first kappa shape index (κ1) is 22.3. The number of amides is 2. The van der Waals surface area contributed by atoms with Gasteiger partial charge in [0.15, 0.2) is 5.82 Å². The second-order valence-electron chi connectivity index (χ2n) is 7.22. The fraction of sp³-hybridized carbons (Fsp3) is 0.130. The number of nitrogens with one attached hydrogen (secondary N) is 2. The number of hydrogen-bond acceptors (Lipinski definition) is 2. The van der Waals surface area contributed by atoms with Gasteiger partial charge in [0.1, 0.15) is 17.3 Å². The lowest BCUT2D eigenvalue weighted by atomic mass is 10.1. The second-order valence-corrected chi connectivity index (χ2v) is 7.22. The van der Waals surface area contributed by atoms with E-state index in [1.807, 2.05) is 0 Å². The molecule has 0 unspecified atom stereocenters. The van der Waals surface area contributed by atoms with Crippen molar-refractivity contribution in [2.24, 2.45) is 0 Å². The van der Waals surface area contributed by atoms with E-state index >= 15 is 0 Å². The van der Waals surface area contributed by atoms with Crippen LogP contribution in [0, 0.1) is 11.6 Å². The third-order valence-corrected chi connectivity index (χ3v) is 4.91. The predicted octanol–water partition coefficient (Wildman–Crippen LogP) is 5.66.